The van der Waals surface area contributed by atoms with Gasteiger partial charge < -0.3 is 19.3 Å². The standard InChI is InChI=1S/C15H28O11S2/c1-10(2)24-14(18)26-11(3)25-13(17)12(16)15(4,5)9-23-28(21,22)8-6-7-27(19)20/h10-12,16,27H,6-9H2,1-5H3/t11?,12-/m0/s1. The predicted molar refractivity (Wildman–Crippen MR) is 97.6 cm³/mol. The van der Waals surface area contributed by atoms with Gasteiger partial charge in [-0.2, -0.15) is 8.42 Å². The normalized spacial score (nSPS) is 14.6. The van der Waals surface area contributed by atoms with Gasteiger partial charge in [-0.25, -0.2) is 18.0 Å². The number of hydrogen-bond donors (Lipinski definition) is 2. The molecule has 0 heterocycles. The lowest BCUT2D eigenvalue weighted by Crippen LogP contribution is -2.43. The van der Waals surface area contributed by atoms with E-state index in [1.165, 1.54) is 20.8 Å². The number of esters is 1. The fourth-order valence-corrected chi connectivity index (χ4v) is 3.41. The molecule has 0 fully saturated rings. The van der Waals surface area contributed by atoms with Crippen molar-refractivity contribution in [1.29, 1.82) is 0 Å². The number of hydrogen-bond acceptors (Lipinski definition) is 11. The second-order valence-corrected chi connectivity index (χ2v) is 9.74. The average molecular weight is 449 g/mol. The van der Waals surface area contributed by atoms with Gasteiger partial charge in [0.1, 0.15) is 10.7 Å². The maximum Gasteiger partial charge on any atom is 0.511 e. The largest absolute Gasteiger partial charge is 0.511 e. The lowest BCUT2D eigenvalue weighted by Gasteiger charge is -2.29. The Hall–Kier alpha value is -1.44. The van der Waals surface area contributed by atoms with Gasteiger partial charge in [0.25, 0.3) is 10.1 Å². The molecule has 0 aliphatic carbocycles. The van der Waals surface area contributed by atoms with E-state index in [0.29, 0.717) is 0 Å². The van der Waals surface area contributed by atoms with Crippen LogP contribution in [0.2, 0.25) is 0 Å². The Balaban J connectivity index is 4.63. The highest BCUT2D eigenvalue weighted by molar-refractivity contribution is 7.86. The molecule has 2 atom stereocenters. The van der Waals surface area contributed by atoms with Crippen molar-refractivity contribution < 1.29 is 49.9 Å². The molecule has 0 aromatic heterocycles. The van der Waals surface area contributed by atoms with Crippen LogP contribution in [0.4, 0.5) is 4.79 Å². The topological polar surface area (TPSA) is 160 Å². The summed E-state index contributed by atoms with van der Waals surface area (Å²) < 4.78 is 63.3. The first-order valence-electron chi connectivity index (χ1n) is 8.41. The zero-order valence-corrected chi connectivity index (χ0v) is 18.2. The minimum atomic E-state index is -4.04. The van der Waals surface area contributed by atoms with E-state index < -0.39 is 69.2 Å². The highest BCUT2D eigenvalue weighted by Crippen LogP contribution is 2.24. The van der Waals surface area contributed by atoms with Crippen LogP contribution in [0.3, 0.4) is 0 Å². The second-order valence-electron chi connectivity index (χ2n) is 6.86. The maximum atomic E-state index is 12.0. The number of ether oxygens (including phenoxy) is 3. The SMILES string of the molecule is CC(C)OC(=O)OC(C)OC(=O)[C@H](O)C(C)(C)COS(=O)(=O)CCC[SH](=O)=O. The molecule has 28 heavy (non-hydrogen) atoms. The van der Waals surface area contributed by atoms with Gasteiger partial charge in [0.15, 0.2) is 6.10 Å². The Kier molecular flexibility index (Phi) is 10.9. The molecular weight excluding hydrogens is 420 g/mol. The number of carbonyl (C=O) groups excluding carboxylic acids is 2. The van der Waals surface area contributed by atoms with Gasteiger partial charge in [-0.1, -0.05) is 13.8 Å². The molecule has 1 N–H and O–H groups in total. The summed E-state index contributed by atoms with van der Waals surface area (Å²) in [5.74, 6) is -1.97. The Morgan fingerprint density at radius 2 is 1.64 bits per heavy atom. The first kappa shape index (κ1) is 26.6. The summed E-state index contributed by atoms with van der Waals surface area (Å²) in [4.78, 5) is 23.3. The molecular formula is C15H28O11S2. The summed E-state index contributed by atoms with van der Waals surface area (Å²) in [7, 11) is -6.73. The third-order valence-corrected chi connectivity index (χ3v) is 5.13. The van der Waals surface area contributed by atoms with Crippen LogP contribution in [0.15, 0.2) is 0 Å². The lowest BCUT2D eigenvalue weighted by atomic mass is 9.88. The highest BCUT2D eigenvalue weighted by Gasteiger charge is 2.37. The van der Waals surface area contributed by atoms with Gasteiger partial charge in [-0.05, 0) is 20.3 Å². The molecule has 0 amide bonds. The first-order chi connectivity index (χ1) is 12.7. The Morgan fingerprint density at radius 1 is 1.07 bits per heavy atom. The molecule has 0 saturated carbocycles. The van der Waals surface area contributed by atoms with Crippen molar-refractivity contribution in [3.05, 3.63) is 0 Å². The lowest BCUT2D eigenvalue weighted by molar-refractivity contribution is -0.184. The number of aliphatic hydroxyl groups is 1. The van der Waals surface area contributed by atoms with Crippen molar-refractivity contribution in [3.8, 4) is 0 Å². The van der Waals surface area contributed by atoms with Crippen LogP contribution < -0.4 is 0 Å². The predicted octanol–water partition coefficient (Wildman–Crippen LogP) is 0.172. The summed E-state index contributed by atoms with van der Waals surface area (Å²) >= 11 is 0. The van der Waals surface area contributed by atoms with Crippen LogP contribution in [0.25, 0.3) is 0 Å². The Morgan fingerprint density at radius 3 is 2.14 bits per heavy atom. The molecule has 0 aliphatic heterocycles. The molecule has 0 aliphatic rings. The van der Waals surface area contributed by atoms with E-state index in [2.05, 4.69) is 4.74 Å². The van der Waals surface area contributed by atoms with E-state index in [9.17, 15) is 31.5 Å². The van der Waals surface area contributed by atoms with Crippen LogP contribution in [-0.2, 0) is 44.0 Å². The summed E-state index contributed by atoms with van der Waals surface area (Å²) in [6, 6.07) is 0. The minimum absolute atomic E-state index is 0.132. The van der Waals surface area contributed by atoms with Crippen molar-refractivity contribution in [2.45, 2.75) is 59.5 Å². The minimum Gasteiger partial charge on any atom is -0.431 e. The monoisotopic (exact) mass is 448 g/mol. The first-order valence-corrected chi connectivity index (χ1v) is 11.3. The summed E-state index contributed by atoms with van der Waals surface area (Å²) in [5.41, 5.74) is -1.37. The van der Waals surface area contributed by atoms with E-state index >= 15 is 0 Å². The average Bonchev–Trinajstić information content (AvgIpc) is 2.50. The summed E-state index contributed by atoms with van der Waals surface area (Å²) in [6.07, 6.45) is -4.76. The molecule has 166 valence electrons. The molecule has 0 aromatic carbocycles. The Labute approximate surface area is 166 Å². The zero-order valence-electron chi connectivity index (χ0n) is 16.4. The van der Waals surface area contributed by atoms with Crippen LogP contribution in [0.5, 0.6) is 0 Å². The molecule has 1 unspecified atom stereocenters. The van der Waals surface area contributed by atoms with Crippen molar-refractivity contribution in [1.82, 2.24) is 0 Å². The van der Waals surface area contributed by atoms with E-state index in [-0.39, 0.29) is 12.2 Å². The van der Waals surface area contributed by atoms with Gasteiger partial charge in [0.05, 0.1) is 18.5 Å². The maximum absolute atomic E-state index is 12.0. The van der Waals surface area contributed by atoms with Gasteiger partial charge in [0, 0.05) is 18.1 Å². The van der Waals surface area contributed by atoms with Crippen LogP contribution in [0.1, 0.15) is 41.0 Å². The van der Waals surface area contributed by atoms with E-state index in [1.807, 2.05) is 0 Å². The smallest absolute Gasteiger partial charge is 0.431 e. The van der Waals surface area contributed by atoms with Crippen LogP contribution >= 0.6 is 0 Å². The molecule has 11 nitrogen and oxygen atoms in total. The summed E-state index contributed by atoms with van der Waals surface area (Å²) in [5, 5.41) is 10.1. The molecule has 0 aromatic rings. The van der Waals surface area contributed by atoms with E-state index in [4.69, 9.17) is 13.7 Å². The van der Waals surface area contributed by atoms with Gasteiger partial charge in [-0.15, -0.1) is 0 Å². The third kappa shape index (κ3) is 11.4. The number of aliphatic hydroxyl groups excluding tert-OH is 1. The van der Waals surface area contributed by atoms with Gasteiger partial charge >= 0.3 is 12.1 Å². The molecule has 13 heteroatoms. The van der Waals surface area contributed by atoms with Crippen molar-refractivity contribution >= 4 is 32.9 Å². The number of carbonyl (C=O) groups is 2. The van der Waals surface area contributed by atoms with Crippen LogP contribution in [-0.4, -0.2) is 70.7 Å². The number of thiol groups is 1. The molecule has 0 rings (SSSR count). The highest BCUT2D eigenvalue weighted by atomic mass is 32.2. The van der Waals surface area contributed by atoms with E-state index in [1.54, 1.807) is 13.8 Å². The number of rotatable bonds is 12. The molecule has 0 bridgehead atoms. The third-order valence-electron chi connectivity index (χ3n) is 3.19. The second kappa shape index (κ2) is 11.5. The van der Waals surface area contributed by atoms with E-state index in [0.717, 1.165) is 0 Å². The van der Waals surface area contributed by atoms with Crippen molar-refractivity contribution in [3.63, 3.8) is 0 Å². The Bertz CT molecular complexity index is 687. The molecule has 0 saturated heterocycles. The van der Waals surface area contributed by atoms with Crippen LogP contribution in [0, 0.1) is 5.41 Å². The van der Waals surface area contributed by atoms with Gasteiger partial charge in [0.2, 0.25) is 6.29 Å². The van der Waals surface area contributed by atoms with Crippen molar-refractivity contribution in [2.75, 3.05) is 18.1 Å². The van der Waals surface area contributed by atoms with Gasteiger partial charge in [-0.3, -0.25) is 4.18 Å². The quantitative estimate of drug-likeness (QED) is 0.181. The molecule has 0 radical (unpaired) electrons. The van der Waals surface area contributed by atoms with Crippen molar-refractivity contribution in [2.24, 2.45) is 5.41 Å². The fourth-order valence-electron chi connectivity index (χ4n) is 1.68. The zero-order chi connectivity index (χ0) is 22.1. The summed E-state index contributed by atoms with van der Waals surface area (Å²) in [6.45, 7) is 6.60. The fraction of sp³-hybridized carbons (Fsp3) is 0.867. The molecule has 0 spiro atoms.